The lowest BCUT2D eigenvalue weighted by Gasteiger charge is -2.24. The van der Waals surface area contributed by atoms with Crippen LogP contribution in [0, 0.1) is 35.5 Å². The first-order valence-corrected chi connectivity index (χ1v) is 37.4. The number of benzene rings is 7. The smallest absolute Gasteiger partial charge is 0.196 e. The maximum Gasteiger partial charge on any atom is 0.196 e. The van der Waals surface area contributed by atoms with Crippen LogP contribution in [0.3, 0.4) is 0 Å². The minimum Gasteiger partial charge on any atom is -0.449 e. The van der Waals surface area contributed by atoms with Crippen LogP contribution in [0.25, 0.3) is 21.5 Å². The minimum absolute atomic E-state index is 0.407. The lowest BCUT2D eigenvalue weighted by atomic mass is 9.82. The molecule has 7 aromatic carbocycles. The molecule has 0 unspecified atom stereocenters. The zero-order valence-electron chi connectivity index (χ0n) is 64.3. The normalized spacial score (nSPS) is 13.3. The maximum absolute atomic E-state index is 4.98. The van der Waals surface area contributed by atoms with Crippen LogP contribution in [0.4, 0.5) is 0 Å². The second-order valence-corrected chi connectivity index (χ2v) is 29.1. The Hall–Kier alpha value is -6.58. The van der Waals surface area contributed by atoms with Gasteiger partial charge in [-0.05, 0) is 145 Å². The van der Waals surface area contributed by atoms with E-state index in [1.54, 1.807) is 12.5 Å². The van der Waals surface area contributed by atoms with Crippen molar-refractivity contribution in [2.24, 2.45) is 35.5 Å². The van der Waals surface area contributed by atoms with Crippen LogP contribution in [-0.2, 0) is 0 Å². The number of hydrogen-bond acceptors (Lipinski definition) is 3. The van der Waals surface area contributed by atoms with E-state index in [1.165, 1.54) is 120 Å². The van der Waals surface area contributed by atoms with Gasteiger partial charge in [0.05, 0.1) is 6.20 Å². The Bertz CT molecular complexity index is 2990. The Kier molecular flexibility index (Phi) is 44.4. The van der Waals surface area contributed by atoms with E-state index < -0.39 is 0 Å². The average Bonchev–Trinajstić information content (AvgIpc) is 1.66. The minimum atomic E-state index is 0.407. The summed E-state index contributed by atoms with van der Waals surface area (Å²) in [6.45, 7) is 48.5. The van der Waals surface area contributed by atoms with Crippen LogP contribution >= 0.6 is 0 Å². The molecular weight excluding hydrogens is 1150 g/mol. The Morgan fingerprint density at radius 1 is 0.295 bits per heavy atom. The summed E-state index contributed by atoms with van der Waals surface area (Å²) in [5.41, 5.74) is 8.27. The van der Waals surface area contributed by atoms with Gasteiger partial charge in [0, 0.05) is 17.8 Å². The Morgan fingerprint density at radius 3 is 1.00 bits per heavy atom. The SMILES string of the molecule is CC.CC(C)C1CC1.CC(C)C1CCCC1.CC(C)C1CCCCC1.CC(C)c1ccc2ccccc2c1.CC(C)c1cccc2ccccc12.CC(C)c1ccccc1.CC(C)c1ccccc1.CC(C)c1ccccc1.CC(C)c1ccccn1.CC(C)c1ncco1. The van der Waals surface area contributed by atoms with E-state index in [0.717, 1.165) is 47.1 Å². The molecule has 2 aromatic heterocycles. The van der Waals surface area contributed by atoms with Crippen molar-refractivity contribution in [3.63, 3.8) is 0 Å². The molecular formula is C92H136N2O. The van der Waals surface area contributed by atoms with Crippen LogP contribution in [0.15, 0.2) is 217 Å². The first-order chi connectivity index (χ1) is 45.5. The second-order valence-electron chi connectivity index (χ2n) is 29.1. The molecule has 3 nitrogen and oxygen atoms in total. The van der Waals surface area contributed by atoms with Gasteiger partial charge in [0.15, 0.2) is 5.89 Å². The van der Waals surface area contributed by atoms with Crippen LogP contribution in [0.2, 0.25) is 0 Å². The molecule has 3 saturated carbocycles. The summed E-state index contributed by atoms with van der Waals surface area (Å²) in [4.78, 5) is 8.13. The summed E-state index contributed by atoms with van der Waals surface area (Å²) in [6.07, 6.45) is 21.5. The zero-order valence-corrected chi connectivity index (χ0v) is 64.3. The van der Waals surface area contributed by atoms with Crippen LogP contribution in [0.1, 0.15) is 304 Å². The Morgan fingerprint density at radius 2 is 0.684 bits per heavy atom. The van der Waals surface area contributed by atoms with Gasteiger partial charge in [0.1, 0.15) is 6.26 Å². The van der Waals surface area contributed by atoms with Gasteiger partial charge in [-0.2, -0.15) is 0 Å². The van der Waals surface area contributed by atoms with Gasteiger partial charge >= 0.3 is 0 Å². The van der Waals surface area contributed by atoms with Gasteiger partial charge in [-0.25, -0.2) is 4.98 Å². The third-order valence-corrected chi connectivity index (χ3v) is 18.0. The molecule has 12 rings (SSSR count). The number of pyridine rings is 1. The van der Waals surface area contributed by atoms with Crippen molar-refractivity contribution in [3.8, 4) is 0 Å². The largest absolute Gasteiger partial charge is 0.449 e. The number of fused-ring (bicyclic) bond motifs is 2. The van der Waals surface area contributed by atoms with Crippen molar-refractivity contribution < 1.29 is 4.42 Å². The fourth-order valence-electron chi connectivity index (χ4n) is 11.3. The van der Waals surface area contributed by atoms with Crippen LogP contribution in [0.5, 0.6) is 0 Å². The van der Waals surface area contributed by atoms with E-state index in [-0.39, 0.29) is 0 Å². The van der Waals surface area contributed by atoms with Crippen molar-refractivity contribution in [2.75, 3.05) is 0 Å². The molecule has 520 valence electrons. The van der Waals surface area contributed by atoms with Crippen molar-refractivity contribution in [1.29, 1.82) is 0 Å². The summed E-state index contributed by atoms with van der Waals surface area (Å²) >= 11 is 0. The highest BCUT2D eigenvalue weighted by molar-refractivity contribution is 5.86. The molecule has 0 radical (unpaired) electrons. The third kappa shape index (κ3) is 36.9. The molecule has 3 aliphatic rings. The lowest BCUT2D eigenvalue weighted by molar-refractivity contribution is 0.279. The van der Waals surface area contributed by atoms with Crippen molar-refractivity contribution in [3.05, 3.63) is 252 Å². The molecule has 0 atom stereocenters. The standard InChI is InChI=1S/2C13H14.C9H18.3C9H12.C8H11N.C8H16.C6H9NO.C6H12.C2H6/c1-10(2)12-9-5-7-11-6-3-4-8-13(11)12;1-10(2)12-8-7-11-5-3-4-6-13(11)9-12;4*1-8(2)9-6-4-3-5-7-9;1-7(2)8-5-3-4-6-9-8;1-7(2)8-5-3-4-6-8;1-5(2)6-7-3-4-8-6;1-5(2)6-3-4-6;1-2/h2*3-10H,1-2H3;8-9H,3-7H2,1-2H3;3*3-8H,1-2H3;3-7H,1-2H3;7-8H,3-6H2,1-2H3;3-5H,1-2H3;5-6H,3-4H2,1-2H3;1-2H3. The highest BCUT2D eigenvalue weighted by Gasteiger charge is 2.24. The third-order valence-electron chi connectivity index (χ3n) is 18.0. The van der Waals surface area contributed by atoms with Crippen molar-refractivity contribution >= 4 is 21.5 Å². The summed E-state index contributed by atoms with van der Waals surface area (Å²) in [5.74, 6) is 11.0. The molecule has 95 heavy (non-hydrogen) atoms. The Balaban J connectivity index is 0.000000361. The second kappa shape index (κ2) is 49.9. The monoisotopic (exact) mass is 1290 g/mol. The molecule has 3 heteroatoms. The van der Waals surface area contributed by atoms with Gasteiger partial charge in [-0.3, -0.25) is 4.98 Å². The predicted molar refractivity (Wildman–Crippen MR) is 424 cm³/mol. The molecule has 3 fully saturated rings. The number of nitrogens with zero attached hydrogens (tertiary/aromatic N) is 2. The van der Waals surface area contributed by atoms with Gasteiger partial charge in [-0.1, -0.05) is 392 Å². The first kappa shape index (κ1) is 84.5. The van der Waals surface area contributed by atoms with E-state index in [4.69, 9.17) is 4.42 Å². The summed E-state index contributed by atoms with van der Waals surface area (Å²) in [5, 5.41) is 5.40. The summed E-state index contributed by atoms with van der Waals surface area (Å²) in [6, 6.07) is 67.8. The predicted octanol–water partition coefficient (Wildman–Crippen LogP) is 29.5. The van der Waals surface area contributed by atoms with E-state index in [2.05, 4.69) is 292 Å². The quantitative estimate of drug-likeness (QED) is 0.137. The molecule has 0 aliphatic heterocycles. The summed E-state index contributed by atoms with van der Waals surface area (Å²) in [7, 11) is 0. The maximum atomic E-state index is 4.98. The molecule has 0 bridgehead atoms. The van der Waals surface area contributed by atoms with Gasteiger partial charge in [0.2, 0.25) is 0 Å². The van der Waals surface area contributed by atoms with Crippen LogP contribution < -0.4 is 0 Å². The fourth-order valence-corrected chi connectivity index (χ4v) is 11.3. The molecule has 0 spiro atoms. The Labute approximate surface area is 584 Å². The number of aromatic nitrogens is 2. The van der Waals surface area contributed by atoms with Gasteiger partial charge in [-0.15, -0.1) is 0 Å². The van der Waals surface area contributed by atoms with Gasteiger partial charge in [0.25, 0.3) is 0 Å². The van der Waals surface area contributed by atoms with E-state index >= 15 is 0 Å². The zero-order chi connectivity index (χ0) is 70.5. The highest BCUT2D eigenvalue weighted by atomic mass is 16.3. The van der Waals surface area contributed by atoms with Crippen molar-refractivity contribution in [2.45, 2.75) is 264 Å². The van der Waals surface area contributed by atoms with E-state index in [0.29, 0.717) is 41.4 Å². The molecule has 0 N–H and O–H groups in total. The molecule has 2 heterocycles. The lowest BCUT2D eigenvalue weighted by Crippen LogP contribution is -2.12. The van der Waals surface area contributed by atoms with E-state index in [9.17, 15) is 0 Å². The van der Waals surface area contributed by atoms with E-state index in [1.807, 2.05) is 70.3 Å². The number of rotatable bonds is 10. The molecule has 9 aromatic rings. The first-order valence-electron chi connectivity index (χ1n) is 37.4. The van der Waals surface area contributed by atoms with Crippen LogP contribution in [-0.4, -0.2) is 9.97 Å². The van der Waals surface area contributed by atoms with Crippen molar-refractivity contribution in [1.82, 2.24) is 9.97 Å². The number of hydrogen-bond donors (Lipinski definition) is 0. The average molecular weight is 1290 g/mol. The van der Waals surface area contributed by atoms with Gasteiger partial charge < -0.3 is 4.42 Å². The fraction of sp³-hybridized carbons (Fsp3) is 0.500. The number of oxazole rings is 1. The topological polar surface area (TPSA) is 38.9 Å². The molecule has 3 aliphatic carbocycles. The highest BCUT2D eigenvalue weighted by Crippen LogP contribution is 2.36. The molecule has 0 saturated heterocycles. The summed E-state index contributed by atoms with van der Waals surface area (Å²) < 4.78 is 4.98. The molecule has 0 amide bonds.